The van der Waals surface area contributed by atoms with E-state index in [0.29, 0.717) is 37.4 Å². The molecule has 26 heavy (non-hydrogen) atoms. The van der Waals surface area contributed by atoms with E-state index in [1.807, 2.05) is 0 Å². The van der Waals surface area contributed by atoms with Gasteiger partial charge in [-0.05, 0) is 16.3 Å². The summed E-state index contributed by atoms with van der Waals surface area (Å²) in [6.45, 7) is 7.05. The van der Waals surface area contributed by atoms with E-state index in [0.717, 1.165) is 25.9 Å². The Balaban J connectivity index is 2.05. The highest BCUT2D eigenvalue weighted by Gasteiger charge is 2.32. The van der Waals surface area contributed by atoms with Gasteiger partial charge in [0.2, 0.25) is 0 Å². The molecule has 1 heterocycles. The normalized spacial score (nSPS) is 15.9. The Hall–Kier alpha value is -0.320. The molecular formula is C21H37INO3+. The molecule has 5 heteroatoms. The van der Waals surface area contributed by atoms with E-state index in [4.69, 9.17) is 9.47 Å². The molecule has 1 saturated heterocycles. The lowest BCUT2D eigenvalue weighted by molar-refractivity contribution is -0.921. The zero-order valence-corrected chi connectivity index (χ0v) is 18.7. The monoisotopic (exact) mass is 478 g/mol. The van der Waals surface area contributed by atoms with Gasteiger partial charge in [-0.3, -0.25) is 0 Å². The molecule has 0 bridgehead atoms. The molecule has 1 aliphatic heterocycles. The lowest BCUT2D eigenvalue weighted by Gasteiger charge is -2.38. The molecular weight excluding hydrogens is 441 g/mol. The number of esters is 1. The molecule has 0 atom stereocenters. The van der Waals surface area contributed by atoms with Gasteiger partial charge in [0.15, 0.2) is 6.54 Å². The Morgan fingerprint density at radius 3 is 2.15 bits per heavy atom. The second kappa shape index (κ2) is 15.7. The van der Waals surface area contributed by atoms with Gasteiger partial charge in [0.25, 0.3) is 0 Å². The van der Waals surface area contributed by atoms with Crippen LogP contribution in [0.4, 0.5) is 0 Å². The Kier molecular flexibility index (Phi) is 14.3. The standard InChI is InChI=1S/C21H37INO3/c1-2-3-4-5-6-7-8-9-10-11-17-26-21(24)20-23(14-12-13-22)15-18-25-19-16-23/h2-11,14-20H2,1H3/q+1. The highest BCUT2D eigenvalue weighted by Crippen LogP contribution is 2.13. The van der Waals surface area contributed by atoms with Crippen LogP contribution in [-0.2, 0) is 14.3 Å². The van der Waals surface area contributed by atoms with Crippen LogP contribution in [0, 0.1) is 9.85 Å². The number of rotatable bonds is 14. The largest absolute Gasteiger partial charge is 0.462 e. The third-order valence-electron chi connectivity index (χ3n) is 5.13. The summed E-state index contributed by atoms with van der Waals surface area (Å²) in [5.41, 5.74) is 0. The molecule has 150 valence electrons. The molecule has 4 nitrogen and oxygen atoms in total. The Labute approximate surface area is 174 Å². The summed E-state index contributed by atoms with van der Waals surface area (Å²) >= 11 is 2.05. The molecule has 1 rings (SSSR count). The summed E-state index contributed by atoms with van der Waals surface area (Å²) in [6, 6.07) is 0. The van der Waals surface area contributed by atoms with Gasteiger partial charge in [-0.2, -0.15) is 0 Å². The molecule has 0 aromatic rings. The number of carbonyl (C=O) groups excluding carboxylic acids is 1. The molecule has 0 radical (unpaired) electrons. The van der Waals surface area contributed by atoms with Crippen molar-refractivity contribution in [1.82, 2.24) is 0 Å². The highest BCUT2D eigenvalue weighted by molar-refractivity contribution is 14.1. The molecule has 1 aliphatic rings. The van der Waals surface area contributed by atoms with Crippen molar-refractivity contribution in [3.05, 3.63) is 0 Å². The fourth-order valence-electron chi connectivity index (χ4n) is 3.39. The summed E-state index contributed by atoms with van der Waals surface area (Å²) in [5, 5.41) is 0. The summed E-state index contributed by atoms with van der Waals surface area (Å²) in [5.74, 6) is 3.04. The zero-order chi connectivity index (χ0) is 18.9. The van der Waals surface area contributed by atoms with Crippen molar-refractivity contribution >= 4 is 28.6 Å². The molecule has 0 unspecified atom stereocenters. The molecule has 1 fully saturated rings. The predicted octanol–water partition coefficient (Wildman–Crippen LogP) is 4.69. The third kappa shape index (κ3) is 11.4. The first kappa shape index (κ1) is 23.7. The molecule has 0 aliphatic carbocycles. The van der Waals surface area contributed by atoms with E-state index in [9.17, 15) is 4.79 Å². The van der Waals surface area contributed by atoms with Crippen LogP contribution in [-0.4, -0.2) is 56.5 Å². The number of quaternary nitrogens is 1. The van der Waals surface area contributed by atoms with Crippen molar-refractivity contribution in [3.63, 3.8) is 0 Å². The second-order valence-electron chi connectivity index (χ2n) is 7.39. The van der Waals surface area contributed by atoms with Gasteiger partial charge in [-0.1, -0.05) is 64.7 Å². The molecule has 0 aromatic heterocycles. The maximum absolute atomic E-state index is 12.2. The van der Waals surface area contributed by atoms with Crippen LogP contribution in [0.5, 0.6) is 0 Å². The van der Waals surface area contributed by atoms with Gasteiger partial charge in [0.1, 0.15) is 19.6 Å². The zero-order valence-electron chi connectivity index (χ0n) is 16.6. The molecule has 0 amide bonds. The van der Waals surface area contributed by atoms with E-state index in [1.165, 1.54) is 51.4 Å². The maximum atomic E-state index is 12.2. The number of ether oxygens (including phenoxy) is 2. The smallest absolute Gasteiger partial charge is 0.361 e. The second-order valence-corrected chi connectivity index (χ2v) is 7.93. The Bertz CT molecular complexity index is 425. The Morgan fingerprint density at radius 2 is 1.58 bits per heavy atom. The Morgan fingerprint density at radius 1 is 1.00 bits per heavy atom. The molecule has 0 spiro atoms. The fourth-order valence-corrected chi connectivity index (χ4v) is 3.57. The SMILES string of the molecule is CCCCCCCCCCCCOC(=O)C[N+]1(CC#CI)CCOCC1. The fraction of sp³-hybridized carbons (Fsp3) is 0.857. The van der Waals surface area contributed by atoms with E-state index in [1.54, 1.807) is 0 Å². The van der Waals surface area contributed by atoms with Crippen LogP contribution in [0.15, 0.2) is 0 Å². The van der Waals surface area contributed by atoms with Crippen molar-refractivity contribution < 1.29 is 18.8 Å². The summed E-state index contributed by atoms with van der Waals surface area (Å²) in [6.07, 6.45) is 12.9. The van der Waals surface area contributed by atoms with E-state index in [-0.39, 0.29) is 5.97 Å². The van der Waals surface area contributed by atoms with Gasteiger partial charge < -0.3 is 14.0 Å². The van der Waals surface area contributed by atoms with Gasteiger partial charge in [0.05, 0.1) is 19.8 Å². The average molecular weight is 478 g/mol. The van der Waals surface area contributed by atoms with Gasteiger partial charge >= 0.3 is 5.97 Å². The summed E-state index contributed by atoms with van der Waals surface area (Å²) in [7, 11) is 0. The number of hydrogen-bond donors (Lipinski definition) is 0. The van der Waals surface area contributed by atoms with Crippen molar-refractivity contribution in [2.45, 2.75) is 71.1 Å². The number of halogens is 1. The average Bonchev–Trinajstić information content (AvgIpc) is 2.65. The van der Waals surface area contributed by atoms with Crippen molar-refractivity contribution in [1.29, 1.82) is 0 Å². The van der Waals surface area contributed by atoms with E-state index in [2.05, 4.69) is 39.4 Å². The van der Waals surface area contributed by atoms with Gasteiger partial charge in [-0.15, -0.1) is 0 Å². The van der Waals surface area contributed by atoms with Crippen molar-refractivity contribution in [2.75, 3.05) is 46.0 Å². The number of nitrogens with zero attached hydrogens (tertiary/aromatic N) is 1. The lowest BCUT2D eigenvalue weighted by Crippen LogP contribution is -2.57. The van der Waals surface area contributed by atoms with Crippen LogP contribution < -0.4 is 0 Å². The van der Waals surface area contributed by atoms with Crippen molar-refractivity contribution in [3.8, 4) is 9.85 Å². The van der Waals surface area contributed by atoms with E-state index >= 15 is 0 Å². The van der Waals surface area contributed by atoms with Crippen LogP contribution in [0.1, 0.15) is 71.1 Å². The number of hydrogen-bond acceptors (Lipinski definition) is 3. The quantitative estimate of drug-likeness (QED) is 0.119. The maximum Gasteiger partial charge on any atom is 0.361 e. The first-order valence-corrected chi connectivity index (χ1v) is 11.5. The molecule has 0 saturated carbocycles. The van der Waals surface area contributed by atoms with E-state index < -0.39 is 0 Å². The summed E-state index contributed by atoms with van der Waals surface area (Å²) in [4.78, 5) is 12.2. The molecule has 0 N–H and O–H groups in total. The number of unbranched alkanes of at least 4 members (excludes halogenated alkanes) is 9. The highest BCUT2D eigenvalue weighted by atomic mass is 127. The number of morpholine rings is 1. The van der Waals surface area contributed by atoms with Crippen LogP contribution in [0.2, 0.25) is 0 Å². The van der Waals surface area contributed by atoms with Crippen LogP contribution >= 0.6 is 22.6 Å². The predicted molar refractivity (Wildman–Crippen MR) is 115 cm³/mol. The minimum atomic E-state index is -0.0851. The van der Waals surface area contributed by atoms with Crippen molar-refractivity contribution in [2.24, 2.45) is 0 Å². The lowest BCUT2D eigenvalue weighted by atomic mass is 10.1. The van der Waals surface area contributed by atoms with Crippen LogP contribution in [0.3, 0.4) is 0 Å². The summed E-state index contributed by atoms with van der Waals surface area (Å²) < 4.78 is 14.5. The van der Waals surface area contributed by atoms with Gasteiger partial charge in [-0.25, -0.2) is 4.79 Å². The molecule has 0 aromatic carbocycles. The third-order valence-corrected chi connectivity index (χ3v) is 5.51. The number of carbonyl (C=O) groups is 1. The minimum absolute atomic E-state index is 0.0851. The van der Waals surface area contributed by atoms with Gasteiger partial charge in [0, 0.05) is 22.6 Å². The first-order valence-electron chi connectivity index (χ1n) is 10.4. The first-order chi connectivity index (χ1) is 12.7. The minimum Gasteiger partial charge on any atom is -0.462 e. The topological polar surface area (TPSA) is 35.5 Å². The van der Waals surface area contributed by atoms with Crippen LogP contribution in [0.25, 0.3) is 0 Å².